The number of nitrogens with one attached hydrogen (secondary N) is 1. The molecule has 0 spiro atoms. The number of carbonyl (C=O) groups excluding carboxylic acids is 1. The first kappa shape index (κ1) is 25.3. The molecule has 2 aromatic carbocycles. The summed E-state index contributed by atoms with van der Waals surface area (Å²) in [6.07, 6.45) is 4.65. The quantitative estimate of drug-likeness (QED) is 0.458. The van der Waals surface area contributed by atoms with E-state index in [4.69, 9.17) is 32.7 Å². The van der Waals surface area contributed by atoms with Crippen molar-refractivity contribution in [3.8, 4) is 5.75 Å². The third-order valence-electron chi connectivity index (χ3n) is 7.36. The van der Waals surface area contributed by atoms with Gasteiger partial charge in [-0.15, -0.1) is 0 Å². The zero-order chi connectivity index (χ0) is 24.2. The lowest BCUT2D eigenvalue weighted by Crippen LogP contribution is -2.50. The number of piperidine rings is 1. The number of nitrogens with zero attached hydrogens (tertiary/aromatic N) is 1. The molecule has 0 aliphatic carbocycles. The molecule has 2 fully saturated rings. The van der Waals surface area contributed by atoms with Crippen molar-refractivity contribution in [2.45, 2.75) is 70.6 Å². The molecular formula is C27H34Cl2N2O3. The lowest BCUT2D eigenvalue weighted by Gasteiger charge is -2.39. The van der Waals surface area contributed by atoms with E-state index in [1.807, 2.05) is 6.07 Å². The molecule has 0 saturated carbocycles. The van der Waals surface area contributed by atoms with Gasteiger partial charge in [-0.1, -0.05) is 35.3 Å². The lowest BCUT2D eigenvalue weighted by molar-refractivity contribution is -0.121. The second-order valence-electron chi connectivity index (χ2n) is 9.52. The molecule has 2 bridgehead atoms. The molecule has 7 heteroatoms. The Morgan fingerprint density at radius 1 is 1.03 bits per heavy atom. The number of carbonyl (C=O) groups is 1. The van der Waals surface area contributed by atoms with Gasteiger partial charge in [0.25, 0.3) is 0 Å². The van der Waals surface area contributed by atoms with E-state index >= 15 is 0 Å². The molecule has 4 rings (SSSR count). The number of hydrogen-bond donors (Lipinski definition) is 1. The Balaban J connectivity index is 1.34. The molecule has 34 heavy (non-hydrogen) atoms. The van der Waals surface area contributed by atoms with Gasteiger partial charge in [-0.05, 0) is 80.0 Å². The number of hydrogen-bond acceptors (Lipinski definition) is 4. The smallest absolute Gasteiger partial charge is 0.224 e. The van der Waals surface area contributed by atoms with Crippen molar-refractivity contribution < 1.29 is 14.3 Å². The third kappa shape index (κ3) is 5.88. The summed E-state index contributed by atoms with van der Waals surface area (Å²) >= 11 is 12.2. The molecule has 2 heterocycles. The molecule has 1 N–H and O–H groups in total. The summed E-state index contributed by atoms with van der Waals surface area (Å²) in [7, 11) is 1.68. The maximum Gasteiger partial charge on any atom is 0.224 e. The molecule has 0 aromatic heterocycles. The van der Waals surface area contributed by atoms with Crippen molar-refractivity contribution >= 4 is 29.1 Å². The maximum atomic E-state index is 12.7. The van der Waals surface area contributed by atoms with E-state index in [1.54, 1.807) is 19.2 Å². The van der Waals surface area contributed by atoms with Crippen LogP contribution in [0.25, 0.3) is 0 Å². The SMILES string of the molecule is COCCOc1ccc(CN2C3CCC2CC(NC(=O)Cc2ccc(Cl)cc2Cl)C3)c(C)c1C. The van der Waals surface area contributed by atoms with Crippen molar-refractivity contribution in [1.29, 1.82) is 0 Å². The Labute approximate surface area is 212 Å². The van der Waals surface area contributed by atoms with Crippen molar-refractivity contribution in [3.63, 3.8) is 0 Å². The van der Waals surface area contributed by atoms with E-state index in [0.717, 1.165) is 30.7 Å². The van der Waals surface area contributed by atoms with E-state index < -0.39 is 0 Å². The summed E-state index contributed by atoms with van der Waals surface area (Å²) in [5, 5.41) is 4.38. The molecule has 0 radical (unpaired) electrons. The van der Waals surface area contributed by atoms with Crippen LogP contribution in [-0.2, 0) is 22.5 Å². The number of ether oxygens (including phenoxy) is 2. The Morgan fingerprint density at radius 2 is 1.74 bits per heavy atom. The molecule has 2 aliphatic heterocycles. The second-order valence-corrected chi connectivity index (χ2v) is 10.4. The first-order chi connectivity index (χ1) is 16.4. The molecule has 184 valence electrons. The fraction of sp³-hybridized carbons (Fsp3) is 0.519. The van der Waals surface area contributed by atoms with Crippen molar-refractivity contribution in [3.05, 3.63) is 62.6 Å². The number of rotatable bonds is 9. The second kappa shape index (κ2) is 11.3. The Bertz CT molecular complexity index is 1020. The van der Waals surface area contributed by atoms with Crippen molar-refractivity contribution in [1.82, 2.24) is 10.2 Å². The first-order valence-electron chi connectivity index (χ1n) is 12.1. The zero-order valence-corrected chi connectivity index (χ0v) is 21.7. The lowest BCUT2D eigenvalue weighted by atomic mass is 9.95. The minimum atomic E-state index is 0.0256. The van der Waals surface area contributed by atoms with Crippen LogP contribution in [0.4, 0.5) is 0 Å². The first-order valence-corrected chi connectivity index (χ1v) is 12.8. The summed E-state index contributed by atoms with van der Waals surface area (Å²) in [5.41, 5.74) is 4.66. The molecule has 2 aromatic rings. The predicted molar refractivity (Wildman–Crippen MR) is 137 cm³/mol. The highest BCUT2D eigenvalue weighted by molar-refractivity contribution is 6.35. The van der Waals surface area contributed by atoms with E-state index in [2.05, 4.69) is 36.2 Å². The van der Waals surface area contributed by atoms with E-state index in [0.29, 0.717) is 35.3 Å². The summed E-state index contributed by atoms with van der Waals surface area (Å²) < 4.78 is 11.0. The van der Waals surface area contributed by atoms with E-state index in [-0.39, 0.29) is 18.4 Å². The fourth-order valence-corrected chi connectivity index (χ4v) is 5.85. The van der Waals surface area contributed by atoms with E-state index in [9.17, 15) is 4.79 Å². The fourth-order valence-electron chi connectivity index (χ4n) is 5.38. The normalized spacial score (nSPS) is 22.1. The molecular weight excluding hydrogens is 471 g/mol. The molecule has 2 aliphatic rings. The summed E-state index contributed by atoms with van der Waals surface area (Å²) in [4.78, 5) is 15.3. The van der Waals surface area contributed by atoms with Gasteiger partial charge < -0.3 is 14.8 Å². The van der Waals surface area contributed by atoms with Gasteiger partial charge in [0.2, 0.25) is 5.91 Å². The topological polar surface area (TPSA) is 50.8 Å². The third-order valence-corrected chi connectivity index (χ3v) is 7.95. The summed E-state index contributed by atoms with van der Waals surface area (Å²) in [6, 6.07) is 10.8. The Kier molecular flexibility index (Phi) is 8.41. The van der Waals surface area contributed by atoms with Gasteiger partial charge in [-0.3, -0.25) is 9.69 Å². The monoisotopic (exact) mass is 504 g/mol. The number of methoxy groups -OCH3 is 1. The average molecular weight is 505 g/mol. The zero-order valence-electron chi connectivity index (χ0n) is 20.2. The van der Waals surface area contributed by atoms with Crippen LogP contribution in [0.5, 0.6) is 5.75 Å². The molecule has 2 atom stereocenters. The van der Waals surface area contributed by atoms with Gasteiger partial charge in [-0.25, -0.2) is 0 Å². The van der Waals surface area contributed by atoms with Crippen molar-refractivity contribution in [2.24, 2.45) is 0 Å². The van der Waals surface area contributed by atoms with E-state index in [1.165, 1.54) is 29.5 Å². The van der Waals surface area contributed by atoms with Crippen LogP contribution in [0, 0.1) is 13.8 Å². The molecule has 2 saturated heterocycles. The van der Waals surface area contributed by atoms with Gasteiger partial charge in [-0.2, -0.15) is 0 Å². The Morgan fingerprint density at radius 3 is 2.41 bits per heavy atom. The minimum absolute atomic E-state index is 0.0256. The van der Waals surface area contributed by atoms with Crippen LogP contribution in [0.15, 0.2) is 30.3 Å². The van der Waals surface area contributed by atoms with Crippen LogP contribution in [0.3, 0.4) is 0 Å². The number of benzene rings is 2. The maximum absolute atomic E-state index is 12.7. The van der Waals surface area contributed by atoms with Crippen LogP contribution < -0.4 is 10.1 Å². The number of halogens is 2. The highest BCUT2D eigenvalue weighted by Crippen LogP contribution is 2.38. The minimum Gasteiger partial charge on any atom is -0.491 e. The molecule has 1 amide bonds. The standard InChI is InChI=1S/C27H34Cl2N2O3/c1-17-18(2)26(34-11-10-33-3)9-5-20(17)16-31-23-7-8-24(31)15-22(14-23)30-27(32)12-19-4-6-21(28)13-25(19)29/h4-6,9,13,22-24H,7-8,10-12,14-16H2,1-3H3,(H,30,32). The van der Waals surface area contributed by atoms with Crippen LogP contribution in [-0.4, -0.2) is 49.3 Å². The summed E-state index contributed by atoms with van der Waals surface area (Å²) in [6.45, 7) is 6.40. The highest BCUT2D eigenvalue weighted by atomic mass is 35.5. The molecule has 2 unspecified atom stereocenters. The average Bonchev–Trinajstić information content (AvgIpc) is 3.02. The van der Waals surface area contributed by atoms with Gasteiger partial charge in [0.15, 0.2) is 0 Å². The number of amides is 1. The van der Waals surface area contributed by atoms with Gasteiger partial charge >= 0.3 is 0 Å². The van der Waals surface area contributed by atoms with Crippen LogP contribution >= 0.6 is 23.2 Å². The van der Waals surface area contributed by atoms with Crippen LogP contribution in [0.2, 0.25) is 10.0 Å². The highest BCUT2D eigenvalue weighted by Gasteiger charge is 2.41. The number of fused-ring (bicyclic) bond motifs is 2. The van der Waals surface area contributed by atoms with Gasteiger partial charge in [0.1, 0.15) is 12.4 Å². The summed E-state index contributed by atoms with van der Waals surface area (Å²) in [5.74, 6) is 0.959. The van der Waals surface area contributed by atoms with Crippen LogP contribution in [0.1, 0.15) is 47.9 Å². The predicted octanol–water partition coefficient (Wildman–Crippen LogP) is 5.49. The van der Waals surface area contributed by atoms with Gasteiger partial charge in [0, 0.05) is 41.8 Å². The largest absolute Gasteiger partial charge is 0.491 e. The Hall–Kier alpha value is -1.79. The van der Waals surface area contributed by atoms with Gasteiger partial charge in [0.05, 0.1) is 13.0 Å². The van der Waals surface area contributed by atoms with Crippen molar-refractivity contribution in [2.75, 3.05) is 20.3 Å². The molecule has 5 nitrogen and oxygen atoms in total.